The fourth-order valence-corrected chi connectivity index (χ4v) is 1.68. The van der Waals surface area contributed by atoms with Crippen LogP contribution in [-0.4, -0.2) is 25.0 Å². The number of ether oxygens (including phenoxy) is 2. The second-order valence-corrected chi connectivity index (χ2v) is 4.12. The molecule has 3 N–H and O–H groups in total. The Kier molecular flexibility index (Phi) is 4.87. The zero-order chi connectivity index (χ0) is 15.1. The summed E-state index contributed by atoms with van der Waals surface area (Å²) in [5.41, 5.74) is 0.491. The summed E-state index contributed by atoms with van der Waals surface area (Å²) in [7, 11) is 1.55. The van der Waals surface area contributed by atoms with Crippen LogP contribution in [0.25, 0.3) is 0 Å². The number of phenolic OH excluding ortho intramolecular Hbond substituents is 1. The van der Waals surface area contributed by atoms with Crippen LogP contribution in [0.2, 0.25) is 0 Å². The van der Waals surface area contributed by atoms with E-state index in [0.717, 1.165) is 0 Å². The molecule has 0 radical (unpaired) electrons. The fourth-order valence-electron chi connectivity index (χ4n) is 1.68. The number of aromatic hydroxyl groups is 1. The lowest BCUT2D eigenvalue weighted by Gasteiger charge is -2.11. The number of rotatable bonds is 5. The molecule has 0 aliphatic carbocycles. The number of hydrogen-bond acceptors (Lipinski definition) is 4. The molecule has 0 fully saturated rings. The summed E-state index contributed by atoms with van der Waals surface area (Å²) in [4.78, 5) is 11.7. The minimum Gasteiger partial charge on any atom is -0.508 e. The van der Waals surface area contributed by atoms with Gasteiger partial charge in [0.1, 0.15) is 5.75 Å². The maximum absolute atomic E-state index is 11.7. The number of amides is 2. The molecule has 0 aliphatic heterocycles. The van der Waals surface area contributed by atoms with Crippen molar-refractivity contribution < 1.29 is 19.4 Å². The molecule has 0 aromatic heterocycles. The third-order valence-corrected chi connectivity index (χ3v) is 2.63. The van der Waals surface area contributed by atoms with Crippen LogP contribution in [0.4, 0.5) is 10.5 Å². The molecule has 2 rings (SSSR count). The van der Waals surface area contributed by atoms with Crippen molar-refractivity contribution in [2.24, 2.45) is 0 Å². The zero-order valence-electron chi connectivity index (χ0n) is 11.5. The van der Waals surface area contributed by atoms with Crippen LogP contribution in [0.5, 0.6) is 17.2 Å². The van der Waals surface area contributed by atoms with Gasteiger partial charge in [0.15, 0.2) is 18.2 Å². The summed E-state index contributed by atoms with van der Waals surface area (Å²) in [5, 5.41) is 14.4. The van der Waals surface area contributed by atoms with Crippen molar-refractivity contribution in [2.75, 3.05) is 19.2 Å². The Morgan fingerprint density at radius 3 is 2.62 bits per heavy atom. The molecule has 6 nitrogen and oxygen atoms in total. The average Bonchev–Trinajstić information content (AvgIpc) is 2.47. The SMILES string of the molecule is COc1ccccc1OCNC(=O)Nc1cccc(O)c1. The van der Waals surface area contributed by atoms with Gasteiger partial charge < -0.3 is 25.2 Å². The van der Waals surface area contributed by atoms with Crippen molar-refractivity contribution in [3.63, 3.8) is 0 Å². The molecule has 2 aromatic rings. The zero-order valence-corrected chi connectivity index (χ0v) is 11.5. The van der Waals surface area contributed by atoms with Gasteiger partial charge in [-0.3, -0.25) is 0 Å². The number of para-hydroxylation sites is 2. The van der Waals surface area contributed by atoms with E-state index in [4.69, 9.17) is 9.47 Å². The summed E-state index contributed by atoms with van der Waals surface area (Å²) < 4.78 is 10.5. The number of urea groups is 1. The van der Waals surface area contributed by atoms with E-state index in [2.05, 4.69) is 10.6 Å². The monoisotopic (exact) mass is 288 g/mol. The van der Waals surface area contributed by atoms with Gasteiger partial charge in [-0.05, 0) is 24.3 Å². The van der Waals surface area contributed by atoms with Gasteiger partial charge >= 0.3 is 6.03 Å². The van der Waals surface area contributed by atoms with Crippen LogP contribution in [-0.2, 0) is 0 Å². The second-order valence-electron chi connectivity index (χ2n) is 4.12. The first-order valence-corrected chi connectivity index (χ1v) is 6.29. The van der Waals surface area contributed by atoms with Gasteiger partial charge in [-0.15, -0.1) is 0 Å². The molecule has 0 bridgehead atoms. The number of nitrogens with one attached hydrogen (secondary N) is 2. The van der Waals surface area contributed by atoms with E-state index in [0.29, 0.717) is 17.2 Å². The highest BCUT2D eigenvalue weighted by molar-refractivity contribution is 5.89. The highest BCUT2D eigenvalue weighted by Gasteiger charge is 2.04. The van der Waals surface area contributed by atoms with Gasteiger partial charge in [0.2, 0.25) is 0 Å². The summed E-state index contributed by atoms with van der Waals surface area (Å²) in [5.74, 6) is 1.21. The lowest BCUT2D eigenvalue weighted by molar-refractivity contribution is 0.231. The Hall–Kier alpha value is -2.89. The number of anilines is 1. The lowest BCUT2D eigenvalue weighted by atomic mass is 10.3. The number of hydrogen-bond donors (Lipinski definition) is 3. The second kappa shape index (κ2) is 7.04. The van der Waals surface area contributed by atoms with E-state index in [1.54, 1.807) is 31.4 Å². The third-order valence-electron chi connectivity index (χ3n) is 2.63. The molecule has 6 heteroatoms. The summed E-state index contributed by atoms with van der Waals surface area (Å²) in [6.45, 7) is -0.00891. The van der Waals surface area contributed by atoms with Gasteiger partial charge in [0.25, 0.3) is 0 Å². The van der Waals surface area contributed by atoms with Crippen molar-refractivity contribution in [3.05, 3.63) is 48.5 Å². The molecule has 2 amide bonds. The molecule has 0 saturated heterocycles. The maximum atomic E-state index is 11.7. The number of carbonyl (C=O) groups excluding carboxylic acids is 1. The van der Waals surface area contributed by atoms with E-state index in [-0.39, 0.29) is 12.5 Å². The Morgan fingerprint density at radius 1 is 1.14 bits per heavy atom. The van der Waals surface area contributed by atoms with E-state index in [9.17, 15) is 9.90 Å². The number of methoxy groups -OCH3 is 1. The topological polar surface area (TPSA) is 79.8 Å². The number of carbonyl (C=O) groups is 1. The van der Waals surface area contributed by atoms with Gasteiger partial charge in [0, 0.05) is 11.8 Å². The van der Waals surface area contributed by atoms with Crippen LogP contribution in [0.3, 0.4) is 0 Å². The van der Waals surface area contributed by atoms with E-state index < -0.39 is 6.03 Å². The van der Waals surface area contributed by atoms with Crippen molar-refractivity contribution in [2.45, 2.75) is 0 Å². The van der Waals surface area contributed by atoms with Gasteiger partial charge in [0.05, 0.1) is 7.11 Å². The predicted octanol–water partition coefficient (Wildman–Crippen LogP) is 2.56. The van der Waals surface area contributed by atoms with Crippen LogP contribution >= 0.6 is 0 Å². The minimum absolute atomic E-state index is 0.00891. The van der Waals surface area contributed by atoms with E-state index >= 15 is 0 Å². The highest BCUT2D eigenvalue weighted by atomic mass is 16.5. The smallest absolute Gasteiger partial charge is 0.321 e. The molecule has 0 unspecified atom stereocenters. The highest BCUT2D eigenvalue weighted by Crippen LogP contribution is 2.25. The molecule has 0 aliphatic rings. The Labute approximate surface area is 122 Å². The van der Waals surface area contributed by atoms with E-state index in [1.165, 1.54) is 12.1 Å². The number of phenols is 1. The summed E-state index contributed by atoms with van der Waals surface area (Å²) >= 11 is 0. The van der Waals surface area contributed by atoms with Crippen molar-refractivity contribution in [3.8, 4) is 17.2 Å². The molecular weight excluding hydrogens is 272 g/mol. The van der Waals surface area contributed by atoms with Gasteiger partial charge in [-0.1, -0.05) is 18.2 Å². The normalized spacial score (nSPS) is 9.76. The van der Waals surface area contributed by atoms with Crippen LogP contribution in [0, 0.1) is 0 Å². The quantitative estimate of drug-likeness (QED) is 0.739. The van der Waals surface area contributed by atoms with Crippen molar-refractivity contribution in [1.29, 1.82) is 0 Å². The molecular formula is C15H16N2O4. The fraction of sp³-hybridized carbons (Fsp3) is 0.133. The van der Waals surface area contributed by atoms with E-state index in [1.807, 2.05) is 12.1 Å². The first kappa shape index (κ1) is 14.5. The van der Waals surface area contributed by atoms with Gasteiger partial charge in [-0.2, -0.15) is 0 Å². The van der Waals surface area contributed by atoms with Crippen LogP contribution < -0.4 is 20.1 Å². The summed E-state index contributed by atoms with van der Waals surface area (Å²) in [6.07, 6.45) is 0. The first-order valence-electron chi connectivity index (χ1n) is 6.29. The largest absolute Gasteiger partial charge is 0.508 e. The Bertz CT molecular complexity index is 616. The third kappa shape index (κ3) is 4.31. The Morgan fingerprint density at radius 2 is 1.90 bits per heavy atom. The van der Waals surface area contributed by atoms with Gasteiger partial charge in [-0.25, -0.2) is 4.79 Å². The minimum atomic E-state index is -0.435. The van der Waals surface area contributed by atoms with Crippen molar-refractivity contribution in [1.82, 2.24) is 5.32 Å². The molecule has 110 valence electrons. The Balaban J connectivity index is 1.82. The standard InChI is InChI=1S/C15H16N2O4/c1-20-13-7-2-3-8-14(13)21-10-16-15(19)17-11-5-4-6-12(18)9-11/h2-9,18H,10H2,1H3,(H2,16,17,19). The summed E-state index contributed by atoms with van der Waals surface area (Å²) in [6, 6.07) is 13.0. The predicted molar refractivity (Wildman–Crippen MR) is 78.8 cm³/mol. The van der Waals surface area contributed by atoms with Crippen LogP contribution in [0.15, 0.2) is 48.5 Å². The molecule has 0 atom stereocenters. The molecule has 2 aromatic carbocycles. The number of benzene rings is 2. The van der Waals surface area contributed by atoms with Crippen LogP contribution in [0.1, 0.15) is 0 Å². The molecule has 0 spiro atoms. The molecule has 21 heavy (non-hydrogen) atoms. The molecule has 0 heterocycles. The molecule has 0 saturated carbocycles. The first-order chi connectivity index (χ1) is 10.2. The van der Waals surface area contributed by atoms with Crippen molar-refractivity contribution >= 4 is 11.7 Å². The lowest BCUT2D eigenvalue weighted by Crippen LogP contribution is -2.32. The average molecular weight is 288 g/mol. The maximum Gasteiger partial charge on any atom is 0.321 e.